The average Bonchev–Trinajstić information content (AvgIpc) is 2.77. The van der Waals surface area contributed by atoms with Gasteiger partial charge in [-0.2, -0.15) is 0 Å². The summed E-state index contributed by atoms with van der Waals surface area (Å²) in [5.74, 6) is 0.679. The predicted octanol–water partition coefficient (Wildman–Crippen LogP) is 1.10. The van der Waals surface area contributed by atoms with Gasteiger partial charge in [0, 0.05) is 7.11 Å². The minimum absolute atomic E-state index is 0.294. The summed E-state index contributed by atoms with van der Waals surface area (Å²) in [5, 5.41) is 0.411. The van der Waals surface area contributed by atoms with Gasteiger partial charge in [0.2, 0.25) is 0 Å². The number of hydrogen-bond donors (Lipinski definition) is 1. The molecular weight excluding hydrogens is 218 g/mol. The molecule has 0 amide bonds. The number of imidazole rings is 1. The molecule has 1 unspecified atom stereocenters. The molecule has 15 heavy (non-hydrogen) atoms. The van der Waals surface area contributed by atoms with Gasteiger partial charge in [0.15, 0.2) is 5.82 Å². The molecule has 2 heterocycles. The van der Waals surface area contributed by atoms with Gasteiger partial charge in [-0.15, -0.1) is 0 Å². The molecule has 1 aliphatic heterocycles. The Balaban J connectivity index is 2.34. The number of nitrogens with zero attached hydrogens (tertiary/aromatic N) is 3. The summed E-state index contributed by atoms with van der Waals surface area (Å²) in [6.07, 6.45) is 3.20. The standard InChI is InChI=1S/C8H11N3O3S/c1-13-4-7-10-6-3-9-5-11(6)15(7)8(12)14-2/h3,5,15H,4H2,1-2H3. The number of carbonyl (C=O) groups excluding carboxylic acids is 1. The van der Waals surface area contributed by atoms with Crippen molar-refractivity contribution < 1.29 is 14.3 Å². The first-order chi connectivity index (χ1) is 7.27. The van der Waals surface area contributed by atoms with Crippen molar-refractivity contribution in [3.8, 4) is 0 Å². The van der Waals surface area contributed by atoms with Crippen LogP contribution in [-0.2, 0) is 9.47 Å². The third kappa shape index (κ3) is 1.64. The zero-order chi connectivity index (χ0) is 10.8. The predicted molar refractivity (Wildman–Crippen MR) is 58.0 cm³/mol. The first kappa shape index (κ1) is 10.2. The van der Waals surface area contributed by atoms with Gasteiger partial charge in [-0.1, -0.05) is 0 Å². The van der Waals surface area contributed by atoms with Crippen molar-refractivity contribution in [2.75, 3.05) is 20.8 Å². The van der Waals surface area contributed by atoms with Crippen LogP contribution in [0.5, 0.6) is 0 Å². The van der Waals surface area contributed by atoms with Gasteiger partial charge in [-0.05, 0) is 11.1 Å². The summed E-state index contributed by atoms with van der Waals surface area (Å²) < 4.78 is 11.5. The van der Waals surface area contributed by atoms with Crippen LogP contribution in [0.2, 0.25) is 0 Å². The topological polar surface area (TPSA) is 65.7 Å². The molecule has 7 heteroatoms. The maximum atomic E-state index is 11.6. The molecule has 0 fully saturated rings. The number of fused-ring (bicyclic) bond motifs is 1. The van der Waals surface area contributed by atoms with Gasteiger partial charge in [0.1, 0.15) is 11.4 Å². The largest absolute Gasteiger partial charge is 0.461 e. The van der Waals surface area contributed by atoms with E-state index in [0.717, 1.165) is 0 Å². The molecule has 82 valence electrons. The van der Waals surface area contributed by atoms with Crippen LogP contribution in [0.15, 0.2) is 17.5 Å². The Morgan fingerprint density at radius 3 is 3.07 bits per heavy atom. The van der Waals surface area contributed by atoms with Crippen LogP contribution in [0, 0.1) is 0 Å². The first-order valence-corrected chi connectivity index (χ1v) is 5.54. The highest BCUT2D eigenvalue weighted by Gasteiger charge is 2.29. The third-order valence-electron chi connectivity index (χ3n) is 1.93. The van der Waals surface area contributed by atoms with Crippen molar-refractivity contribution in [1.82, 2.24) is 8.96 Å². The molecule has 2 rings (SSSR count). The molecule has 0 bridgehead atoms. The number of aromatic nitrogens is 2. The van der Waals surface area contributed by atoms with Crippen LogP contribution in [0.1, 0.15) is 0 Å². The molecule has 0 aromatic carbocycles. The fourth-order valence-electron chi connectivity index (χ4n) is 1.32. The molecule has 0 aliphatic carbocycles. The maximum Gasteiger partial charge on any atom is 0.369 e. The second kappa shape index (κ2) is 4.03. The van der Waals surface area contributed by atoms with E-state index in [-0.39, 0.29) is 5.30 Å². The second-order valence-corrected chi connectivity index (χ2v) is 4.78. The third-order valence-corrected chi connectivity index (χ3v) is 3.91. The highest BCUT2D eigenvalue weighted by Crippen LogP contribution is 2.42. The number of aliphatic imine (C=N–C) groups is 1. The zero-order valence-electron chi connectivity index (χ0n) is 8.38. The molecule has 1 aromatic heterocycles. The van der Waals surface area contributed by atoms with Crippen molar-refractivity contribution in [3.05, 3.63) is 12.5 Å². The number of rotatable bonds is 2. The van der Waals surface area contributed by atoms with Crippen molar-refractivity contribution in [2.45, 2.75) is 0 Å². The lowest BCUT2D eigenvalue weighted by molar-refractivity contribution is 0.199. The molecule has 1 aliphatic rings. The highest BCUT2D eigenvalue weighted by atomic mass is 32.2. The van der Waals surface area contributed by atoms with E-state index in [1.165, 1.54) is 7.11 Å². The molecule has 1 atom stereocenters. The van der Waals surface area contributed by atoms with E-state index in [0.29, 0.717) is 17.5 Å². The van der Waals surface area contributed by atoms with Crippen molar-refractivity contribution in [2.24, 2.45) is 4.99 Å². The molecule has 6 nitrogen and oxygen atoms in total. The van der Waals surface area contributed by atoms with E-state index in [2.05, 4.69) is 9.98 Å². The van der Waals surface area contributed by atoms with Crippen LogP contribution in [0.3, 0.4) is 0 Å². The second-order valence-electron chi connectivity index (χ2n) is 2.84. The Morgan fingerprint density at radius 2 is 2.40 bits per heavy atom. The smallest absolute Gasteiger partial charge is 0.369 e. The van der Waals surface area contributed by atoms with Gasteiger partial charge in [0.25, 0.3) is 0 Å². The highest BCUT2D eigenvalue weighted by molar-refractivity contribution is 8.40. The summed E-state index contributed by atoms with van der Waals surface area (Å²) in [7, 11) is 2.93. The Hall–Kier alpha value is -1.34. The summed E-state index contributed by atoms with van der Waals surface area (Å²) in [6, 6.07) is 0. The SMILES string of the molecule is COCC1=Nc2cncn2[SH]1C(=O)OC. The van der Waals surface area contributed by atoms with Gasteiger partial charge < -0.3 is 9.47 Å². The number of methoxy groups -OCH3 is 2. The van der Waals surface area contributed by atoms with Crippen LogP contribution in [0.25, 0.3) is 0 Å². The van der Waals surface area contributed by atoms with Gasteiger partial charge in [0.05, 0.1) is 19.9 Å². The first-order valence-electron chi connectivity index (χ1n) is 4.25. The Morgan fingerprint density at radius 1 is 1.60 bits per heavy atom. The van der Waals surface area contributed by atoms with Crippen LogP contribution < -0.4 is 0 Å². The van der Waals surface area contributed by atoms with E-state index in [4.69, 9.17) is 9.47 Å². The molecule has 0 N–H and O–H groups in total. The monoisotopic (exact) mass is 229 g/mol. The van der Waals surface area contributed by atoms with Crippen LogP contribution >= 0.6 is 11.1 Å². The van der Waals surface area contributed by atoms with Crippen molar-refractivity contribution in [3.63, 3.8) is 0 Å². The minimum atomic E-state index is -1.24. The van der Waals surface area contributed by atoms with E-state index in [1.807, 2.05) is 0 Å². The normalized spacial score (nSPS) is 20.9. The maximum absolute atomic E-state index is 11.6. The van der Waals surface area contributed by atoms with E-state index in [1.54, 1.807) is 23.6 Å². The van der Waals surface area contributed by atoms with Crippen LogP contribution in [0.4, 0.5) is 10.6 Å². The molecule has 0 saturated heterocycles. The fourth-order valence-corrected chi connectivity index (χ4v) is 3.04. The zero-order valence-corrected chi connectivity index (χ0v) is 9.27. The lowest BCUT2D eigenvalue weighted by Gasteiger charge is -2.16. The molecule has 0 radical (unpaired) electrons. The molecule has 0 saturated carbocycles. The summed E-state index contributed by atoms with van der Waals surface area (Å²) in [5.41, 5.74) is 0. The fraction of sp³-hybridized carbons (Fsp3) is 0.375. The Labute approximate surface area is 89.4 Å². The van der Waals surface area contributed by atoms with E-state index in [9.17, 15) is 4.79 Å². The van der Waals surface area contributed by atoms with Gasteiger partial charge in [-0.25, -0.2) is 14.8 Å². The molecular formula is C8H11N3O3S. The number of thiol groups is 1. The summed E-state index contributed by atoms with van der Waals surface area (Å²) in [4.78, 5) is 19.8. The lowest BCUT2D eigenvalue weighted by atomic mass is 10.7. The van der Waals surface area contributed by atoms with Gasteiger partial charge >= 0.3 is 5.30 Å². The lowest BCUT2D eigenvalue weighted by Crippen LogP contribution is -2.15. The molecule has 1 aromatic rings. The van der Waals surface area contributed by atoms with Gasteiger partial charge in [-0.3, -0.25) is 3.97 Å². The number of carbonyl (C=O) groups is 1. The quantitative estimate of drug-likeness (QED) is 0.609. The average molecular weight is 229 g/mol. The Kier molecular flexibility index (Phi) is 2.74. The number of hydrogen-bond acceptors (Lipinski definition) is 5. The minimum Gasteiger partial charge on any atom is -0.461 e. The van der Waals surface area contributed by atoms with Crippen molar-refractivity contribution in [1.29, 1.82) is 0 Å². The van der Waals surface area contributed by atoms with Crippen LogP contribution in [-0.4, -0.2) is 40.1 Å². The number of ether oxygens (including phenoxy) is 2. The summed E-state index contributed by atoms with van der Waals surface area (Å²) in [6.45, 7) is 0.336. The van der Waals surface area contributed by atoms with E-state index >= 15 is 0 Å². The van der Waals surface area contributed by atoms with Crippen molar-refractivity contribution >= 4 is 27.2 Å². The Bertz CT molecular complexity index is 415. The summed E-state index contributed by atoms with van der Waals surface area (Å²) >= 11 is -1.24. The molecule has 0 spiro atoms. The van der Waals surface area contributed by atoms with E-state index < -0.39 is 11.1 Å².